The van der Waals surface area contributed by atoms with E-state index in [4.69, 9.17) is 0 Å². The van der Waals surface area contributed by atoms with Crippen LogP contribution in [0.5, 0.6) is 0 Å². The molecule has 0 spiro atoms. The standard InChI is InChI=1S/C17H26N2O3S/c1-3-4-15(20)19-8-5-13(6-9-19)16(21)18-12-17(2,22)14-7-10-23-11-14/h7,10-11,13,22H,3-6,8-9,12H2,1-2H3,(H,18,21). The molecule has 1 aliphatic rings. The van der Waals surface area contributed by atoms with Crippen molar-refractivity contribution in [3.63, 3.8) is 0 Å². The number of nitrogens with one attached hydrogen (secondary N) is 1. The van der Waals surface area contributed by atoms with Gasteiger partial charge in [0.15, 0.2) is 0 Å². The quantitative estimate of drug-likeness (QED) is 0.835. The Labute approximate surface area is 141 Å². The normalized spacial score (nSPS) is 18.5. The zero-order valence-corrected chi connectivity index (χ0v) is 14.7. The number of hydrogen-bond acceptors (Lipinski definition) is 4. The molecule has 23 heavy (non-hydrogen) atoms. The van der Waals surface area contributed by atoms with Gasteiger partial charge in [-0.2, -0.15) is 11.3 Å². The molecule has 0 bridgehead atoms. The molecule has 1 unspecified atom stereocenters. The van der Waals surface area contributed by atoms with E-state index in [0.29, 0.717) is 32.4 Å². The van der Waals surface area contributed by atoms with E-state index in [-0.39, 0.29) is 24.3 Å². The Morgan fingerprint density at radius 1 is 1.43 bits per heavy atom. The fourth-order valence-corrected chi connectivity index (χ4v) is 3.62. The number of piperidine rings is 1. The second-order valence-electron chi connectivity index (χ2n) is 6.41. The van der Waals surface area contributed by atoms with Crippen LogP contribution in [0.1, 0.15) is 45.1 Å². The molecule has 1 fully saturated rings. The first-order chi connectivity index (χ1) is 10.9. The molecule has 0 aromatic carbocycles. The van der Waals surface area contributed by atoms with E-state index in [0.717, 1.165) is 12.0 Å². The number of aliphatic hydroxyl groups is 1. The molecule has 2 N–H and O–H groups in total. The molecule has 1 saturated heterocycles. The molecule has 128 valence electrons. The molecule has 6 heteroatoms. The highest BCUT2D eigenvalue weighted by atomic mass is 32.1. The Balaban J connectivity index is 1.78. The van der Waals surface area contributed by atoms with Crippen molar-refractivity contribution in [2.75, 3.05) is 19.6 Å². The first-order valence-electron chi connectivity index (χ1n) is 8.24. The van der Waals surface area contributed by atoms with Gasteiger partial charge in [-0.3, -0.25) is 9.59 Å². The average molecular weight is 338 g/mol. The van der Waals surface area contributed by atoms with Crippen LogP contribution >= 0.6 is 11.3 Å². The largest absolute Gasteiger partial charge is 0.384 e. The fourth-order valence-electron chi connectivity index (χ4n) is 2.84. The van der Waals surface area contributed by atoms with E-state index in [1.54, 1.807) is 6.92 Å². The highest BCUT2D eigenvalue weighted by molar-refractivity contribution is 7.08. The number of rotatable bonds is 6. The molecule has 2 rings (SSSR count). The lowest BCUT2D eigenvalue weighted by atomic mass is 9.94. The van der Waals surface area contributed by atoms with E-state index in [2.05, 4.69) is 5.32 Å². The van der Waals surface area contributed by atoms with Crippen molar-refractivity contribution in [2.45, 2.75) is 45.1 Å². The summed E-state index contributed by atoms with van der Waals surface area (Å²) in [5, 5.41) is 17.1. The minimum absolute atomic E-state index is 0.0249. The second-order valence-corrected chi connectivity index (χ2v) is 7.19. The molecular formula is C17H26N2O3S. The van der Waals surface area contributed by atoms with E-state index < -0.39 is 5.60 Å². The van der Waals surface area contributed by atoms with Crippen LogP contribution in [-0.4, -0.2) is 41.5 Å². The van der Waals surface area contributed by atoms with Crippen molar-refractivity contribution < 1.29 is 14.7 Å². The maximum Gasteiger partial charge on any atom is 0.223 e. The molecule has 5 nitrogen and oxygen atoms in total. The van der Waals surface area contributed by atoms with E-state index >= 15 is 0 Å². The Morgan fingerprint density at radius 2 is 2.13 bits per heavy atom. The van der Waals surface area contributed by atoms with Gasteiger partial charge < -0.3 is 15.3 Å². The fraction of sp³-hybridized carbons (Fsp3) is 0.647. The van der Waals surface area contributed by atoms with Crippen LogP contribution in [0, 0.1) is 5.92 Å². The Kier molecular flexibility index (Phi) is 6.18. The summed E-state index contributed by atoms with van der Waals surface area (Å²) in [7, 11) is 0. The first kappa shape index (κ1) is 17.9. The molecule has 0 aliphatic carbocycles. The third-order valence-electron chi connectivity index (χ3n) is 4.43. The molecule has 1 aromatic rings. The van der Waals surface area contributed by atoms with Gasteiger partial charge in [0.1, 0.15) is 5.60 Å². The average Bonchev–Trinajstić information content (AvgIpc) is 3.08. The van der Waals surface area contributed by atoms with Crippen LogP contribution in [0.25, 0.3) is 0 Å². The molecule has 1 aromatic heterocycles. The van der Waals surface area contributed by atoms with Crippen LogP contribution in [0.3, 0.4) is 0 Å². The summed E-state index contributed by atoms with van der Waals surface area (Å²) < 4.78 is 0. The molecule has 2 heterocycles. The molecule has 2 amide bonds. The highest BCUT2D eigenvalue weighted by Crippen LogP contribution is 2.23. The topological polar surface area (TPSA) is 69.6 Å². The maximum absolute atomic E-state index is 12.3. The summed E-state index contributed by atoms with van der Waals surface area (Å²) in [5.41, 5.74) is -0.226. The number of amides is 2. The van der Waals surface area contributed by atoms with Gasteiger partial charge in [-0.25, -0.2) is 0 Å². The van der Waals surface area contributed by atoms with Gasteiger partial charge in [-0.05, 0) is 48.6 Å². The van der Waals surface area contributed by atoms with E-state index in [1.807, 2.05) is 28.7 Å². The molecule has 1 aliphatic heterocycles. The summed E-state index contributed by atoms with van der Waals surface area (Å²) in [6, 6.07) is 1.87. The predicted octanol–water partition coefficient (Wildman–Crippen LogP) is 2.11. The summed E-state index contributed by atoms with van der Waals surface area (Å²) in [5.74, 6) is 0.0915. The van der Waals surface area contributed by atoms with Gasteiger partial charge in [0.2, 0.25) is 11.8 Å². The van der Waals surface area contributed by atoms with Gasteiger partial charge >= 0.3 is 0 Å². The SMILES string of the molecule is CCCC(=O)N1CCC(C(=O)NCC(C)(O)c2ccsc2)CC1. The number of carbonyl (C=O) groups excluding carboxylic acids is 2. The minimum atomic E-state index is -1.05. The summed E-state index contributed by atoms with van der Waals surface area (Å²) in [6.07, 6.45) is 2.83. The highest BCUT2D eigenvalue weighted by Gasteiger charge is 2.29. The summed E-state index contributed by atoms with van der Waals surface area (Å²) in [4.78, 5) is 26.0. The maximum atomic E-state index is 12.3. The van der Waals surface area contributed by atoms with Crippen molar-refractivity contribution in [3.8, 4) is 0 Å². The van der Waals surface area contributed by atoms with Gasteiger partial charge in [0.25, 0.3) is 0 Å². The van der Waals surface area contributed by atoms with Crippen molar-refractivity contribution in [1.82, 2.24) is 10.2 Å². The lowest BCUT2D eigenvalue weighted by Crippen LogP contribution is -2.45. The summed E-state index contributed by atoms with van der Waals surface area (Å²) in [6.45, 7) is 5.21. The van der Waals surface area contributed by atoms with Crippen molar-refractivity contribution >= 4 is 23.2 Å². The second kappa shape index (κ2) is 7.93. The van der Waals surface area contributed by atoms with Crippen LogP contribution in [-0.2, 0) is 15.2 Å². The third-order valence-corrected chi connectivity index (χ3v) is 5.12. The smallest absolute Gasteiger partial charge is 0.223 e. The van der Waals surface area contributed by atoms with Crippen LogP contribution in [0.2, 0.25) is 0 Å². The van der Waals surface area contributed by atoms with E-state index in [1.165, 1.54) is 11.3 Å². The lowest BCUT2D eigenvalue weighted by molar-refractivity contribution is -0.136. The third kappa shape index (κ3) is 4.78. The van der Waals surface area contributed by atoms with E-state index in [9.17, 15) is 14.7 Å². The summed E-state index contributed by atoms with van der Waals surface area (Å²) >= 11 is 1.53. The number of hydrogen-bond donors (Lipinski definition) is 2. The molecular weight excluding hydrogens is 312 g/mol. The van der Waals surface area contributed by atoms with Crippen molar-refractivity contribution in [2.24, 2.45) is 5.92 Å². The Morgan fingerprint density at radius 3 is 2.70 bits per heavy atom. The number of carbonyl (C=O) groups is 2. The molecule has 0 saturated carbocycles. The number of thiophene rings is 1. The van der Waals surface area contributed by atoms with Crippen molar-refractivity contribution in [3.05, 3.63) is 22.4 Å². The molecule has 0 radical (unpaired) electrons. The minimum Gasteiger partial charge on any atom is -0.384 e. The lowest BCUT2D eigenvalue weighted by Gasteiger charge is -2.32. The van der Waals surface area contributed by atoms with Gasteiger partial charge in [-0.15, -0.1) is 0 Å². The molecule has 1 atom stereocenters. The zero-order valence-electron chi connectivity index (χ0n) is 13.9. The predicted molar refractivity (Wildman–Crippen MR) is 91.1 cm³/mol. The van der Waals surface area contributed by atoms with Crippen molar-refractivity contribution in [1.29, 1.82) is 0 Å². The van der Waals surface area contributed by atoms with Gasteiger partial charge in [0, 0.05) is 25.4 Å². The van der Waals surface area contributed by atoms with Crippen LogP contribution in [0.15, 0.2) is 16.8 Å². The van der Waals surface area contributed by atoms with Crippen LogP contribution in [0.4, 0.5) is 0 Å². The Bertz CT molecular complexity index is 520. The monoisotopic (exact) mass is 338 g/mol. The first-order valence-corrected chi connectivity index (χ1v) is 9.19. The number of likely N-dealkylation sites (tertiary alicyclic amines) is 1. The van der Waals surface area contributed by atoms with Gasteiger partial charge in [-0.1, -0.05) is 6.92 Å². The van der Waals surface area contributed by atoms with Gasteiger partial charge in [0.05, 0.1) is 6.54 Å². The Hall–Kier alpha value is -1.40. The van der Waals surface area contributed by atoms with Crippen LogP contribution < -0.4 is 5.32 Å². The zero-order chi connectivity index (χ0) is 16.9. The number of nitrogens with zero attached hydrogens (tertiary/aromatic N) is 1.